The SMILES string of the molecule is O=C(O)c1cc(NC(=O)N2CC=CCC2)ccc1Cl. The van der Waals surface area contributed by atoms with E-state index in [2.05, 4.69) is 5.32 Å². The topological polar surface area (TPSA) is 69.6 Å². The molecule has 2 rings (SSSR count). The van der Waals surface area contributed by atoms with E-state index in [1.54, 1.807) is 11.0 Å². The van der Waals surface area contributed by atoms with Crippen LogP contribution in [0.25, 0.3) is 0 Å². The van der Waals surface area contributed by atoms with Gasteiger partial charge in [0.2, 0.25) is 0 Å². The Balaban J connectivity index is 2.10. The van der Waals surface area contributed by atoms with Crippen LogP contribution >= 0.6 is 11.6 Å². The Morgan fingerprint density at radius 3 is 2.74 bits per heavy atom. The van der Waals surface area contributed by atoms with Gasteiger partial charge in [0.05, 0.1) is 10.6 Å². The summed E-state index contributed by atoms with van der Waals surface area (Å²) in [5.41, 5.74) is 0.388. The molecule has 0 aliphatic carbocycles. The van der Waals surface area contributed by atoms with Gasteiger partial charge in [-0.3, -0.25) is 0 Å². The first-order valence-electron chi connectivity index (χ1n) is 5.81. The molecule has 0 aromatic heterocycles. The second-order valence-corrected chi connectivity index (χ2v) is 4.54. The summed E-state index contributed by atoms with van der Waals surface area (Å²) in [6.45, 7) is 1.22. The summed E-state index contributed by atoms with van der Waals surface area (Å²) in [5, 5.41) is 11.8. The molecule has 0 atom stereocenters. The van der Waals surface area contributed by atoms with Crippen molar-refractivity contribution in [2.45, 2.75) is 6.42 Å². The molecule has 2 N–H and O–H groups in total. The minimum Gasteiger partial charge on any atom is -0.478 e. The summed E-state index contributed by atoms with van der Waals surface area (Å²) in [7, 11) is 0. The fourth-order valence-electron chi connectivity index (χ4n) is 1.80. The molecule has 0 saturated heterocycles. The van der Waals surface area contributed by atoms with Crippen LogP contribution in [0.15, 0.2) is 30.4 Å². The third-order valence-electron chi connectivity index (χ3n) is 2.79. The third kappa shape index (κ3) is 3.26. The standard InChI is InChI=1S/C13H13ClN2O3/c14-11-5-4-9(8-10(11)12(17)18)15-13(19)16-6-2-1-3-7-16/h1-2,4-5,8H,3,6-7H2,(H,15,19)(H,17,18). The number of aromatic carboxylic acids is 1. The fourth-order valence-corrected chi connectivity index (χ4v) is 1.99. The van der Waals surface area contributed by atoms with Crippen LogP contribution < -0.4 is 5.32 Å². The van der Waals surface area contributed by atoms with Crippen LogP contribution in [0.4, 0.5) is 10.5 Å². The number of hydrogen-bond acceptors (Lipinski definition) is 2. The van der Waals surface area contributed by atoms with E-state index in [1.165, 1.54) is 12.1 Å². The average molecular weight is 281 g/mol. The Morgan fingerprint density at radius 1 is 1.32 bits per heavy atom. The highest BCUT2D eigenvalue weighted by molar-refractivity contribution is 6.33. The van der Waals surface area contributed by atoms with Crippen molar-refractivity contribution in [2.24, 2.45) is 0 Å². The lowest BCUT2D eigenvalue weighted by Gasteiger charge is -2.23. The van der Waals surface area contributed by atoms with Crippen LogP contribution in [0.1, 0.15) is 16.8 Å². The molecule has 1 aliphatic heterocycles. The van der Waals surface area contributed by atoms with Gasteiger partial charge in [-0.1, -0.05) is 23.8 Å². The molecular formula is C13H13ClN2O3. The number of halogens is 1. The van der Waals surface area contributed by atoms with Gasteiger partial charge in [0.1, 0.15) is 0 Å². The monoisotopic (exact) mass is 280 g/mol. The van der Waals surface area contributed by atoms with Gasteiger partial charge in [0, 0.05) is 18.8 Å². The smallest absolute Gasteiger partial charge is 0.337 e. The van der Waals surface area contributed by atoms with E-state index in [0.29, 0.717) is 18.8 Å². The second kappa shape index (κ2) is 5.75. The number of nitrogens with zero attached hydrogens (tertiary/aromatic N) is 1. The van der Waals surface area contributed by atoms with Crippen LogP contribution in [-0.4, -0.2) is 35.1 Å². The lowest BCUT2D eigenvalue weighted by Crippen LogP contribution is -2.37. The number of urea groups is 1. The van der Waals surface area contributed by atoms with E-state index in [-0.39, 0.29) is 16.6 Å². The summed E-state index contributed by atoms with van der Waals surface area (Å²) >= 11 is 5.76. The van der Waals surface area contributed by atoms with Gasteiger partial charge in [0.15, 0.2) is 0 Å². The average Bonchev–Trinajstić information content (AvgIpc) is 2.41. The number of amides is 2. The lowest BCUT2D eigenvalue weighted by atomic mass is 10.2. The van der Waals surface area contributed by atoms with E-state index in [4.69, 9.17) is 16.7 Å². The molecule has 5 nitrogen and oxygen atoms in total. The van der Waals surface area contributed by atoms with E-state index in [1.807, 2.05) is 12.2 Å². The maximum Gasteiger partial charge on any atom is 0.337 e. The molecule has 0 radical (unpaired) electrons. The predicted octanol–water partition coefficient (Wildman–Crippen LogP) is 2.83. The minimum atomic E-state index is -1.12. The van der Waals surface area contributed by atoms with Gasteiger partial charge in [-0.2, -0.15) is 0 Å². The van der Waals surface area contributed by atoms with Crippen molar-refractivity contribution in [3.63, 3.8) is 0 Å². The highest BCUT2D eigenvalue weighted by atomic mass is 35.5. The number of rotatable bonds is 2. The van der Waals surface area contributed by atoms with Gasteiger partial charge in [-0.25, -0.2) is 9.59 Å². The van der Waals surface area contributed by atoms with Gasteiger partial charge >= 0.3 is 12.0 Å². The summed E-state index contributed by atoms with van der Waals surface area (Å²) < 4.78 is 0. The van der Waals surface area contributed by atoms with Crippen LogP contribution in [0, 0.1) is 0 Å². The Kier molecular flexibility index (Phi) is 4.06. The molecule has 1 aromatic carbocycles. The highest BCUT2D eigenvalue weighted by Crippen LogP contribution is 2.21. The molecule has 1 aliphatic rings. The van der Waals surface area contributed by atoms with Crippen LogP contribution in [-0.2, 0) is 0 Å². The van der Waals surface area contributed by atoms with Crippen LogP contribution in [0.3, 0.4) is 0 Å². The van der Waals surface area contributed by atoms with Gasteiger partial charge in [0.25, 0.3) is 0 Å². The number of nitrogens with one attached hydrogen (secondary N) is 1. The van der Waals surface area contributed by atoms with E-state index < -0.39 is 5.97 Å². The molecule has 6 heteroatoms. The van der Waals surface area contributed by atoms with Gasteiger partial charge in [-0.05, 0) is 24.6 Å². The van der Waals surface area contributed by atoms with E-state index in [0.717, 1.165) is 6.42 Å². The number of carbonyl (C=O) groups is 2. The zero-order chi connectivity index (χ0) is 13.8. The van der Waals surface area contributed by atoms with Crippen LogP contribution in [0.5, 0.6) is 0 Å². The molecule has 0 unspecified atom stereocenters. The molecular weight excluding hydrogens is 268 g/mol. The number of carboxylic acid groups (broad SMARTS) is 1. The molecule has 0 fully saturated rings. The third-order valence-corrected chi connectivity index (χ3v) is 3.12. The Bertz CT molecular complexity index is 543. The first kappa shape index (κ1) is 13.4. The number of carbonyl (C=O) groups excluding carboxylic acids is 1. The van der Waals surface area contributed by atoms with Crippen molar-refractivity contribution in [3.8, 4) is 0 Å². The zero-order valence-electron chi connectivity index (χ0n) is 10.1. The molecule has 2 amide bonds. The Hall–Kier alpha value is -2.01. The number of hydrogen-bond donors (Lipinski definition) is 2. The maximum atomic E-state index is 11.9. The molecule has 1 aromatic rings. The molecule has 19 heavy (non-hydrogen) atoms. The van der Waals surface area contributed by atoms with E-state index in [9.17, 15) is 9.59 Å². The largest absolute Gasteiger partial charge is 0.478 e. The quantitative estimate of drug-likeness (QED) is 0.819. The number of anilines is 1. The predicted molar refractivity (Wildman–Crippen MR) is 72.8 cm³/mol. The highest BCUT2D eigenvalue weighted by Gasteiger charge is 2.15. The first-order valence-corrected chi connectivity index (χ1v) is 6.19. The zero-order valence-corrected chi connectivity index (χ0v) is 10.9. The number of benzene rings is 1. The lowest BCUT2D eigenvalue weighted by molar-refractivity contribution is 0.0697. The second-order valence-electron chi connectivity index (χ2n) is 4.14. The van der Waals surface area contributed by atoms with Crippen molar-refractivity contribution < 1.29 is 14.7 Å². The van der Waals surface area contributed by atoms with Gasteiger partial charge < -0.3 is 15.3 Å². The molecule has 1 heterocycles. The summed E-state index contributed by atoms with van der Waals surface area (Å²) in [5.74, 6) is -1.12. The summed E-state index contributed by atoms with van der Waals surface area (Å²) in [4.78, 5) is 24.5. The molecule has 0 bridgehead atoms. The minimum absolute atomic E-state index is 0.0296. The van der Waals surface area contributed by atoms with Crippen molar-refractivity contribution in [3.05, 3.63) is 40.9 Å². The maximum absolute atomic E-state index is 11.9. The Morgan fingerprint density at radius 2 is 2.11 bits per heavy atom. The van der Waals surface area contributed by atoms with Crippen molar-refractivity contribution in [1.82, 2.24) is 4.90 Å². The van der Waals surface area contributed by atoms with Crippen molar-refractivity contribution in [2.75, 3.05) is 18.4 Å². The normalized spacial score (nSPS) is 14.3. The van der Waals surface area contributed by atoms with Crippen molar-refractivity contribution >= 4 is 29.3 Å². The van der Waals surface area contributed by atoms with Crippen LogP contribution in [0.2, 0.25) is 5.02 Å². The van der Waals surface area contributed by atoms with Gasteiger partial charge in [-0.15, -0.1) is 0 Å². The molecule has 0 saturated carbocycles. The number of carboxylic acids is 1. The fraction of sp³-hybridized carbons (Fsp3) is 0.231. The van der Waals surface area contributed by atoms with E-state index >= 15 is 0 Å². The molecule has 0 spiro atoms. The van der Waals surface area contributed by atoms with Crippen molar-refractivity contribution in [1.29, 1.82) is 0 Å². The summed E-state index contributed by atoms with van der Waals surface area (Å²) in [6, 6.07) is 4.13. The first-order chi connectivity index (χ1) is 9.08. The molecule has 100 valence electrons. The Labute approximate surface area is 115 Å². The summed E-state index contributed by atoms with van der Waals surface area (Å²) in [6.07, 6.45) is 4.77.